The van der Waals surface area contributed by atoms with Crippen LogP contribution in [0.2, 0.25) is 0 Å². The van der Waals surface area contributed by atoms with E-state index in [-0.39, 0.29) is 5.91 Å². The molecule has 2 nitrogen and oxygen atoms in total. The van der Waals surface area contributed by atoms with E-state index in [0.29, 0.717) is 5.41 Å². The van der Waals surface area contributed by atoms with E-state index in [9.17, 15) is 4.79 Å². The van der Waals surface area contributed by atoms with E-state index < -0.39 is 0 Å². The van der Waals surface area contributed by atoms with Crippen molar-refractivity contribution in [3.8, 4) is 0 Å². The first-order valence-electron chi connectivity index (χ1n) is 4.34. The van der Waals surface area contributed by atoms with Gasteiger partial charge in [-0.3, -0.25) is 4.79 Å². The molecule has 0 aromatic heterocycles. The van der Waals surface area contributed by atoms with Crippen molar-refractivity contribution in [3.05, 3.63) is 12.3 Å². The number of carbonyl (C=O) groups is 1. The number of hydrogen-bond donors (Lipinski definition) is 1. The normalized spacial score (nSPS) is 12.0. The summed E-state index contributed by atoms with van der Waals surface area (Å²) < 4.78 is 0. The first-order valence-corrected chi connectivity index (χ1v) is 4.34. The molecule has 0 saturated heterocycles. The van der Waals surface area contributed by atoms with Gasteiger partial charge in [-0.1, -0.05) is 26.8 Å². The molecule has 0 aliphatic heterocycles. The van der Waals surface area contributed by atoms with E-state index in [1.54, 1.807) is 6.20 Å². The highest BCUT2D eigenvalue weighted by Gasteiger charge is 2.07. The summed E-state index contributed by atoms with van der Waals surface area (Å²) in [7, 11) is 0. The quantitative estimate of drug-likeness (QED) is 0.691. The van der Waals surface area contributed by atoms with Crippen LogP contribution in [0.1, 0.15) is 40.5 Å². The van der Waals surface area contributed by atoms with E-state index in [4.69, 9.17) is 0 Å². The van der Waals surface area contributed by atoms with Gasteiger partial charge in [0.2, 0.25) is 5.91 Å². The van der Waals surface area contributed by atoms with Gasteiger partial charge in [0.15, 0.2) is 0 Å². The van der Waals surface area contributed by atoms with Crippen molar-refractivity contribution in [2.24, 2.45) is 5.41 Å². The molecular weight excluding hydrogens is 150 g/mol. The van der Waals surface area contributed by atoms with Crippen molar-refractivity contribution in [1.29, 1.82) is 0 Å². The Morgan fingerprint density at radius 2 is 2.00 bits per heavy atom. The van der Waals surface area contributed by atoms with Gasteiger partial charge in [-0.2, -0.15) is 0 Å². The smallest absolute Gasteiger partial charge is 0.220 e. The molecule has 0 rings (SSSR count). The van der Waals surface area contributed by atoms with Crippen molar-refractivity contribution in [2.45, 2.75) is 40.5 Å². The van der Waals surface area contributed by atoms with E-state index in [1.165, 1.54) is 6.92 Å². The summed E-state index contributed by atoms with van der Waals surface area (Å²) in [4.78, 5) is 10.4. The lowest BCUT2D eigenvalue weighted by atomic mass is 9.91. The van der Waals surface area contributed by atoms with Gasteiger partial charge in [-0.05, 0) is 24.5 Å². The summed E-state index contributed by atoms with van der Waals surface area (Å²) in [5, 5.41) is 2.61. The molecule has 2 heteroatoms. The van der Waals surface area contributed by atoms with Crippen molar-refractivity contribution >= 4 is 5.91 Å². The fourth-order valence-electron chi connectivity index (χ4n) is 0.776. The Kier molecular flexibility index (Phi) is 4.64. The Bertz CT molecular complexity index is 165. The maximum Gasteiger partial charge on any atom is 0.220 e. The molecule has 1 N–H and O–H groups in total. The molecular formula is C10H19NO. The molecule has 0 unspecified atom stereocenters. The molecule has 0 radical (unpaired) electrons. The van der Waals surface area contributed by atoms with Gasteiger partial charge < -0.3 is 5.32 Å². The van der Waals surface area contributed by atoms with Crippen molar-refractivity contribution in [2.75, 3.05) is 0 Å². The molecule has 0 atom stereocenters. The molecule has 70 valence electrons. The van der Waals surface area contributed by atoms with Crippen LogP contribution in [0.5, 0.6) is 0 Å². The van der Waals surface area contributed by atoms with Crippen LogP contribution in [-0.4, -0.2) is 5.91 Å². The maximum absolute atomic E-state index is 10.4. The molecule has 12 heavy (non-hydrogen) atoms. The van der Waals surface area contributed by atoms with Crippen molar-refractivity contribution in [3.63, 3.8) is 0 Å². The Morgan fingerprint density at radius 3 is 2.42 bits per heavy atom. The van der Waals surface area contributed by atoms with Crippen LogP contribution >= 0.6 is 0 Å². The highest BCUT2D eigenvalue weighted by molar-refractivity contribution is 5.73. The lowest BCUT2D eigenvalue weighted by Crippen LogP contribution is -2.11. The molecule has 0 saturated carbocycles. The van der Waals surface area contributed by atoms with Crippen LogP contribution < -0.4 is 5.32 Å². The molecule has 0 aliphatic rings. The number of allylic oxidation sites excluding steroid dienone is 1. The lowest BCUT2D eigenvalue weighted by molar-refractivity contribution is -0.118. The summed E-state index contributed by atoms with van der Waals surface area (Å²) >= 11 is 0. The number of rotatable bonds is 3. The predicted molar refractivity (Wildman–Crippen MR) is 51.6 cm³/mol. The number of amides is 1. The third-order valence-electron chi connectivity index (χ3n) is 1.47. The zero-order chi connectivity index (χ0) is 9.61. The fourth-order valence-corrected chi connectivity index (χ4v) is 0.776. The zero-order valence-electron chi connectivity index (χ0n) is 8.48. The second-order valence-electron chi connectivity index (χ2n) is 4.20. The third kappa shape index (κ3) is 9.21. The molecule has 0 spiro atoms. The van der Waals surface area contributed by atoms with E-state index in [0.717, 1.165) is 12.8 Å². The monoisotopic (exact) mass is 169 g/mol. The first-order chi connectivity index (χ1) is 5.42. The Hall–Kier alpha value is -0.790. The average Bonchev–Trinajstić information content (AvgIpc) is 1.83. The van der Waals surface area contributed by atoms with Crippen LogP contribution in [0.25, 0.3) is 0 Å². The Labute approximate surface area is 75.0 Å². The van der Waals surface area contributed by atoms with Gasteiger partial charge in [0, 0.05) is 6.92 Å². The van der Waals surface area contributed by atoms with Gasteiger partial charge in [0.25, 0.3) is 0 Å². The minimum Gasteiger partial charge on any atom is -0.333 e. The minimum atomic E-state index is -0.0120. The van der Waals surface area contributed by atoms with Gasteiger partial charge in [-0.25, -0.2) is 0 Å². The predicted octanol–water partition coefficient (Wildman–Crippen LogP) is 2.46. The molecule has 0 aromatic carbocycles. The van der Waals surface area contributed by atoms with Crippen LogP contribution in [0.15, 0.2) is 12.3 Å². The zero-order valence-corrected chi connectivity index (χ0v) is 8.48. The second kappa shape index (κ2) is 4.96. The second-order valence-corrected chi connectivity index (χ2v) is 4.20. The molecule has 0 aromatic rings. The average molecular weight is 169 g/mol. The number of hydrogen-bond acceptors (Lipinski definition) is 1. The van der Waals surface area contributed by atoms with Gasteiger partial charge in [0.05, 0.1) is 0 Å². The summed E-state index contributed by atoms with van der Waals surface area (Å²) in [6, 6.07) is 0. The van der Waals surface area contributed by atoms with Gasteiger partial charge in [0.1, 0.15) is 0 Å². The van der Waals surface area contributed by atoms with E-state index >= 15 is 0 Å². The SMILES string of the molecule is CC(=O)N/C=C/CCC(C)(C)C. The summed E-state index contributed by atoms with van der Waals surface area (Å²) in [5.74, 6) is -0.0120. The largest absolute Gasteiger partial charge is 0.333 e. The Morgan fingerprint density at radius 1 is 1.42 bits per heavy atom. The maximum atomic E-state index is 10.4. The van der Waals surface area contributed by atoms with Crippen LogP contribution in [0.3, 0.4) is 0 Å². The summed E-state index contributed by atoms with van der Waals surface area (Å²) in [6.07, 6.45) is 5.87. The van der Waals surface area contributed by atoms with Gasteiger partial charge >= 0.3 is 0 Å². The molecule has 0 heterocycles. The molecule has 0 bridgehead atoms. The minimum absolute atomic E-state index is 0.0120. The van der Waals surface area contributed by atoms with Crippen LogP contribution in [0.4, 0.5) is 0 Å². The van der Waals surface area contributed by atoms with Crippen LogP contribution in [-0.2, 0) is 4.79 Å². The summed E-state index contributed by atoms with van der Waals surface area (Å²) in [5.41, 5.74) is 0.376. The summed E-state index contributed by atoms with van der Waals surface area (Å²) in [6.45, 7) is 8.13. The highest BCUT2D eigenvalue weighted by atomic mass is 16.1. The molecule has 0 aliphatic carbocycles. The fraction of sp³-hybridized carbons (Fsp3) is 0.700. The molecule has 1 amide bonds. The van der Waals surface area contributed by atoms with E-state index in [1.807, 2.05) is 6.08 Å². The van der Waals surface area contributed by atoms with Gasteiger partial charge in [-0.15, -0.1) is 0 Å². The highest BCUT2D eigenvalue weighted by Crippen LogP contribution is 2.20. The topological polar surface area (TPSA) is 29.1 Å². The number of nitrogens with one attached hydrogen (secondary N) is 1. The Balaban J connectivity index is 3.43. The van der Waals surface area contributed by atoms with Crippen LogP contribution in [0, 0.1) is 5.41 Å². The lowest BCUT2D eigenvalue weighted by Gasteiger charge is -2.15. The first kappa shape index (κ1) is 11.2. The standard InChI is InChI=1S/C10H19NO/c1-9(12)11-8-6-5-7-10(2,3)4/h6,8H,5,7H2,1-4H3,(H,11,12)/b8-6+. The van der Waals surface area contributed by atoms with E-state index in [2.05, 4.69) is 26.1 Å². The van der Waals surface area contributed by atoms with Crippen molar-refractivity contribution < 1.29 is 4.79 Å². The number of carbonyl (C=O) groups excluding carboxylic acids is 1. The van der Waals surface area contributed by atoms with Crippen molar-refractivity contribution in [1.82, 2.24) is 5.32 Å². The third-order valence-corrected chi connectivity index (χ3v) is 1.47. The molecule has 0 fully saturated rings.